The molecule has 2 aromatic rings. The second-order valence-electron chi connectivity index (χ2n) is 3.26. The molecule has 4 heteroatoms. The van der Waals surface area contributed by atoms with Crippen molar-refractivity contribution in [1.82, 2.24) is 9.97 Å². The SMILES string of the molecule is Cc1ccncc1Nc1ncccc1N. The van der Waals surface area contributed by atoms with E-state index in [4.69, 9.17) is 5.73 Å². The highest BCUT2D eigenvalue weighted by molar-refractivity contribution is 5.69. The largest absolute Gasteiger partial charge is 0.396 e. The number of pyridine rings is 2. The molecule has 15 heavy (non-hydrogen) atoms. The molecule has 0 spiro atoms. The van der Waals surface area contributed by atoms with Gasteiger partial charge in [0.15, 0.2) is 5.82 Å². The zero-order valence-corrected chi connectivity index (χ0v) is 8.44. The van der Waals surface area contributed by atoms with Crippen LogP contribution in [0.25, 0.3) is 0 Å². The van der Waals surface area contributed by atoms with Crippen LogP contribution in [0.15, 0.2) is 36.8 Å². The summed E-state index contributed by atoms with van der Waals surface area (Å²) in [5.41, 5.74) is 8.42. The number of nitrogen functional groups attached to an aromatic ring is 1. The number of nitrogens with zero attached hydrogens (tertiary/aromatic N) is 2. The van der Waals surface area contributed by atoms with Crippen molar-refractivity contribution in [3.05, 3.63) is 42.4 Å². The molecule has 0 aliphatic heterocycles. The third kappa shape index (κ3) is 2.04. The Kier molecular flexibility index (Phi) is 2.49. The zero-order chi connectivity index (χ0) is 10.7. The van der Waals surface area contributed by atoms with Gasteiger partial charge in [0.2, 0.25) is 0 Å². The second kappa shape index (κ2) is 3.96. The summed E-state index contributed by atoms with van der Waals surface area (Å²) in [7, 11) is 0. The van der Waals surface area contributed by atoms with Crippen molar-refractivity contribution in [2.24, 2.45) is 0 Å². The highest BCUT2D eigenvalue weighted by Crippen LogP contribution is 2.21. The number of hydrogen-bond donors (Lipinski definition) is 2. The van der Waals surface area contributed by atoms with E-state index in [1.54, 1.807) is 30.7 Å². The summed E-state index contributed by atoms with van der Waals surface area (Å²) in [5.74, 6) is 0.661. The Labute approximate surface area is 88.2 Å². The summed E-state index contributed by atoms with van der Waals surface area (Å²) in [6.07, 6.45) is 5.20. The Balaban J connectivity index is 2.30. The van der Waals surface area contributed by atoms with E-state index in [-0.39, 0.29) is 0 Å². The summed E-state index contributed by atoms with van der Waals surface area (Å²) < 4.78 is 0. The van der Waals surface area contributed by atoms with Crippen LogP contribution in [-0.4, -0.2) is 9.97 Å². The van der Waals surface area contributed by atoms with E-state index >= 15 is 0 Å². The Bertz CT molecular complexity index is 424. The molecule has 76 valence electrons. The molecule has 3 N–H and O–H groups in total. The van der Waals surface area contributed by atoms with Crippen LogP contribution in [-0.2, 0) is 0 Å². The van der Waals surface area contributed by atoms with Crippen LogP contribution in [0.5, 0.6) is 0 Å². The maximum absolute atomic E-state index is 5.77. The van der Waals surface area contributed by atoms with Gasteiger partial charge in [-0.25, -0.2) is 4.98 Å². The first kappa shape index (κ1) is 9.45. The van der Waals surface area contributed by atoms with Crippen molar-refractivity contribution < 1.29 is 0 Å². The predicted octanol–water partition coefficient (Wildman–Crippen LogP) is 2.11. The fraction of sp³-hybridized carbons (Fsp3) is 0.0909. The number of rotatable bonds is 2. The highest BCUT2D eigenvalue weighted by atomic mass is 15.0. The molecular formula is C11H12N4. The first-order chi connectivity index (χ1) is 7.27. The summed E-state index contributed by atoms with van der Waals surface area (Å²) >= 11 is 0. The number of anilines is 3. The number of nitrogens with one attached hydrogen (secondary N) is 1. The third-order valence-electron chi connectivity index (χ3n) is 2.13. The van der Waals surface area contributed by atoms with Gasteiger partial charge >= 0.3 is 0 Å². The molecule has 2 heterocycles. The molecule has 0 atom stereocenters. The lowest BCUT2D eigenvalue weighted by atomic mass is 10.2. The van der Waals surface area contributed by atoms with Gasteiger partial charge in [-0.05, 0) is 30.7 Å². The van der Waals surface area contributed by atoms with Gasteiger partial charge in [-0.3, -0.25) is 4.98 Å². The van der Waals surface area contributed by atoms with Crippen molar-refractivity contribution in [3.63, 3.8) is 0 Å². The average molecular weight is 200 g/mol. The number of hydrogen-bond acceptors (Lipinski definition) is 4. The minimum absolute atomic E-state index is 0.626. The van der Waals surface area contributed by atoms with E-state index in [1.165, 1.54) is 0 Å². The molecule has 2 rings (SSSR count). The van der Waals surface area contributed by atoms with E-state index in [9.17, 15) is 0 Å². The number of aryl methyl sites for hydroxylation is 1. The van der Waals surface area contributed by atoms with Gasteiger partial charge in [0.25, 0.3) is 0 Å². The fourth-order valence-electron chi connectivity index (χ4n) is 1.24. The van der Waals surface area contributed by atoms with Crippen molar-refractivity contribution in [3.8, 4) is 0 Å². The first-order valence-electron chi connectivity index (χ1n) is 4.65. The Morgan fingerprint density at radius 3 is 2.87 bits per heavy atom. The molecule has 0 radical (unpaired) electrons. The maximum atomic E-state index is 5.77. The van der Waals surface area contributed by atoms with Crippen molar-refractivity contribution >= 4 is 17.2 Å². The predicted molar refractivity (Wildman–Crippen MR) is 60.9 cm³/mol. The summed E-state index contributed by atoms with van der Waals surface area (Å²) in [6, 6.07) is 5.54. The van der Waals surface area contributed by atoms with Crippen LogP contribution in [0, 0.1) is 6.92 Å². The number of nitrogens with two attached hydrogens (primary N) is 1. The molecule has 0 aromatic carbocycles. The minimum atomic E-state index is 0.626. The first-order valence-corrected chi connectivity index (χ1v) is 4.65. The normalized spacial score (nSPS) is 9.93. The summed E-state index contributed by atoms with van der Waals surface area (Å²) in [4.78, 5) is 8.19. The van der Waals surface area contributed by atoms with Crippen LogP contribution in [0.1, 0.15) is 5.56 Å². The van der Waals surface area contributed by atoms with Gasteiger partial charge in [-0.15, -0.1) is 0 Å². The molecule has 0 saturated heterocycles. The molecular weight excluding hydrogens is 188 g/mol. The van der Waals surface area contributed by atoms with Crippen molar-refractivity contribution in [1.29, 1.82) is 0 Å². The van der Waals surface area contributed by atoms with Gasteiger partial charge in [0, 0.05) is 12.4 Å². The summed E-state index contributed by atoms with van der Waals surface area (Å²) in [6.45, 7) is 2.00. The van der Waals surface area contributed by atoms with Crippen LogP contribution >= 0.6 is 0 Å². The van der Waals surface area contributed by atoms with Gasteiger partial charge in [-0.1, -0.05) is 0 Å². The lowest BCUT2D eigenvalue weighted by Gasteiger charge is -2.09. The molecule has 0 fully saturated rings. The lowest BCUT2D eigenvalue weighted by molar-refractivity contribution is 1.25. The lowest BCUT2D eigenvalue weighted by Crippen LogP contribution is -2.00. The molecule has 0 aliphatic rings. The standard InChI is InChI=1S/C11H12N4/c1-8-4-6-13-7-10(8)15-11-9(12)3-2-5-14-11/h2-7H,12H2,1H3,(H,14,15). The van der Waals surface area contributed by atoms with Gasteiger partial charge in [0.05, 0.1) is 17.6 Å². The number of aromatic nitrogens is 2. The van der Waals surface area contributed by atoms with Crippen LogP contribution in [0.2, 0.25) is 0 Å². The summed E-state index contributed by atoms with van der Waals surface area (Å²) in [5, 5.41) is 3.14. The average Bonchev–Trinajstić information content (AvgIpc) is 2.24. The van der Waals surface area contributed by atoms with Crippen molar-refractivity contribution in [2.75, 3.05) is 11.1 Å². The van der Waals surface area contributed by atoms with Gasteiger partial charge in [0.1, 0.15) is 0 Å². The topological polar surface area (TPSA) is 63.8 Å². The smallest absolute Gasteiger partial charge is 0.153 e. The highest BCUT2D eigenvalue weighted by Gasteiger charge is 2.01. The van der Waals surface area contributed by atoms with E-state index < -0.39 is 0 Å². The van der Waals surface area contributed by atoms with Crippen LogP contribution in [0.3, 0.4) is 0 Å². The van der Waals surface area contributed by atoms with Crippen LogP contribution < -0.4 is 11.1 Å². The molecule has 0 aliphatic carbocycles. The fourth-order valence-corrected chi connectivity index (χ4v) is 1.24. The Morgan fingerprint density at radius 1 is 1.27 bits per heavy atom. The van der Waals surface area contributed by atoms with E-state index in [1.807, 2.05) is 13.0 Å². The maximum Gasteiger partial charge on any atom is 0.153 e. The molecule has 2 aromatic heterocycles. The molecule has 0 saturated carbocycles. The molecule has 4 nitrogen and oxygen atoms in total. The van der Waals surface area contributed by atoms with Gasteiger partial charge < -0.3 is 11.1 Å². The zero-order valence-electron chi connectivity index (χ0n) is 8.44. The Hall–Kier alpha value is -2.10. The molecule has 0 bridgehead atoms. The van der Waals surface area contributed by atoms with E-state index in [0.717, 1.165) is 11.3 Å². The second-order valence-corrected chi connectivity index (χ2v) is 3.26. The molecule has 0 amide bonds. The minimum Gasteiger partial charge on any atom is -0.396 e. The monoisotopic (exact) mass is 200 g/mol. The van der Waals surface area contributed by atoms with Gasteiger partial charge in [-0.2, -0.15) is 0 Å². The Morgan fingerprint density at radius 2 is 2.13 bits per heavy atom. The van der Waals surface area contributed by atoms with E-state index in [0.29, 0.717) is 11.5 Å². The van der Waals surface area contributed by atoms with Crippen molar-refractivity contribution in [2.45, 2.75) is 6.92 Å². The third-order valence-corrected chi connectivity index (χ3v) is 2.13. The van der Waals surface area contributed by atoms with E-state index in [2.05, 4.69) is 15.3 Å². The quantitative estimate of drug-likeness (QED) is 0.779. The van der Waals surface area contributed by atoms with Crippen LogP contribution in [0.4, 0.5) is 17.2 Å². The molecule has 0 unspecified atom stereocenters.